The van der Waals surface area contributed by atoms with Gasteiger partial charge in [-0.05, 0) is 32.8 Å². The maximum absolute atomic E-state index is 12.8. The molecule has 0 spiro atoms. The van der Waals surface area contributed by atoms with Crippen LogP contribution in [0.5, 0.6) is 0 Å². The Kier molecular flexibility index (Phi) is 6.51. The molecule has 0 N–H and O–H groups in total. The van der Waals surface area contributed by atoms with Gasteiger partial charge >= 0.3 is 12.2 Å². The Hall–Kier alpha value is -2.09. The third-order valence-corrected chi connectivity index (χ3v) is 5.79. The summed E-state index contributed by atoms with van der Waals surface area (Å²) in [6.45, 7) is 6.27. The van der Waals surface area contributed by atoms with Gasteiger partial charge in [-0.25, -0.2) is 9.59 Å². The minimum Gasteiger partial charge on any atom is -0.445 e. The monoisotopic (exact) mass is 466 g/mol. The number of carbonyl (C=O) groups is 3. The average molecular weight is 467 g/mol. The van der Waals surface area contributed by atoms with Gasteiger partial charge in [0, 0.05) is 13.1 Å². The number of hydrogen-bond donors (Lipinski definition) is 0. The molecule has 29 heavy (non-hydrogen) atoms. The topological polar surface area (TPSA) is 76.2 Å². The van der Waals surface area contributed by atoms with Gasteiger partial charge < -0.3 is 19.3 Å². The zero-order valence-electron chi connectivity index (χ0n) is 17.0. The summed E-state index contributed by atoms with van der Waals surface area (Å²) < 4.78 is 11.0. The number of fused-ring (bicyclic) bond motifs is 1. The SMILES string of the molecule is CC(C)(C)OC(=O)N1CC[C@@H]2[C@H]1[C@@H](C(=O)CBr)CN2C(=O)OCc1ccccc1. The highest BCUT2D eigenvalue weighted by atomic mass is 79.9. The fourth-order valence-corrected chi connectivity index (χ4v) is 4.43. The maximum Gasteiger partial charge on any atom is 0.410 e. The summed E-state index contributed by atoms with van der Waals surface area (Å²) in [5.74, 6) is -0.493. The van der Waals surface area contributed by atoms with Gasteiger partial charge in [0.1, 0.15) is 18.0 Å². The summed E-state index contributed by atoms with van der Waals surface area (Å²) in [6.07, 6.45) is -0.312. The van der Waals surface area contributed by atoms with Gasteiger partial charge in [0.2, 0.25) is 0 Å². The average Bonchev–Trinajstić information content (AvgIpc) is 3.25. The molecule has 1 aromatic carbocycles. The summed E-state index contributed by atoms with van der Waals surface area (Å²) >= 11 is 3.23. The second kappa shape index (κ2) is 8.73. The van der Waals surface area contributed by atoms with Crippen LogP contribution >= 0.6 is 15.9 Å². The Bertz CT molecular complexity index is 764. The first kappa shape index (κ1) is 21.6. The number of ether oxygens (including phenoxy) is 2. The molecule has 2 fully saturated rings. The number of amides is 2. The van der Waals surface area contributed by atoms with E-state index in [4.69, 9.17) is 9.47 Å². The Labute approximate surface area is 179 Å². The van der Waals surface area contributed by atoms with Gasteiger partial charge in [0.25, 0.3) is 0 Å². The van der Waals surface area contributed by atoms with Gasteiger partial charge in [-0.2, -0.15) is 0 Å². The quantitative estimate of drug-likeness (QED) is 0.633. The second-order valence-corrected chi connectivity index (χ2v) is 8.98. The number of rotatable bonds is 4. The molecule has 3 rings (SSSR count). The molecule has 0 unspecified atom stereocenters. The van der Waals surface area contributed by atoms with E-state index in [1.54, 1.807) is 9.80 Å². The lowest BCUT2D eigenvalue weighted by atomic mass is 9.96. The van der Waals surface area contributed by atoms with Crippen molar-refractivity contribution < 1.29 is 23.9 Å². The first-order valence-corrected chi connectivity index (χ1v) is 10.9. The zero-order chi connectivity index (χ0) is 21.2. The van der Waals surface area contributed by atoms with Crippen LogP contribution in [0, 0.1) is 5.92 Å². The van der Waals surface area contributed by atoms with Crippen molar-refractivity contribution in [3.05, 3.63) is 35.9 Å². The van der Waals surface area contributed by atoms with Crippen LogP contribution in [0.1, 0.15) is 32.8 Å². The van der Waals surface area contributed by atoms with Crippen LogP contribution in [0.25, 0.3) is 0 Å². The van der Waals surface area contributed by atoms with Crippen molar-refractivity contribution in [1.29, 1.82) is 0 Å². The lowest BCUT2D eigenvalue weighted by Crippen LogP contribution is -2.46. The van der Waals surface area contributed by atoms with E-state index < -0.39 is 23.7 Å². The van der Waals surface area contributed by atoms with E-state index in [1.807, 2.05) is 51.1 Å². The molecule has 8 heteroatoms. The Balaban J connectivity index is 1.73. The molecule has 2 aliphatic heterocycles. The number of hydrogen-bond acceptors (Lipinski definition) is 5. The maximum atomic E-state index is 12.8. The third kappa shape index (κ3) is 4.91. The Morgan fingerprint density at radius 2 is 1.79 bits per heavy atom. The predicted octanol–water partition coefficient (Wildman–Crippen LogP) is 3.60. The van der Waals surface area contributed by atoms with Gasteiger partial charge in [0.05, 0.1) is 23.3 Å². The lowest BCUT2D eigenvalue weighted by molar-refractivity contribution is -0.121. The predicted molar refractivity (Wildman–Crippen MR) is 111 cm³/mol. The van der Waals surface area contributed by atoms with Gasteiger partial charge in [-0.3, -0.25) is 4.79 Å². The van der Waals surface area contributed by atoms with Gasteiger partial charge in [0.15, 0.2) is 0 Å². The minimum atomic E-state index is -0.628. The van der Waals surface area contributed by atoms with Gasteiger partial charge in [-0.15, -0.1) is 0 Å². The van der Waals surface area contributed by atoms with Crippen LogP contribution in [0.15, 0.2) is 30.3 Å². The van der Waals surface area contributed by atoms with Crippen LogP contribution in [0.2, 0.25) is 0 Å². The number of Topliss-reactive ketones (excluding diaryl/α,β-unsaturated/α-hetero) is 1. The van der Waals surface area contributed by atoms with Crippen molar-refractivity contribution in [1.82, 2.24) is 9.80 Å². The van der Waals surface area contributed by atoms with Crippen molar-refractivity contribution in [2.75, 3.05) is 18.4 Å². The molecule has 0 bridgehead atoms. The molecule has 0 radical (unpaired) electrons. The van der Waals surface area contributed by atoms with Crippen molar-refractivity contribution in [3.63, 3.8) is 0 Å². The third-order valence-electron chi connectivity index (χ3n) is 5.24. The Morgan fingerprint density at radius 3 is 2.41 bits per heavy atom. The number of likely N-dealkylation sites (tertiary alicyclic amines) is 2. The van der Waals surface area contributed by atoms with E-state index in [0.29, 0.717) is 13.0 Å². The molecule has 1 aromatic rings. The van der Waals surface area contributed by atoms with E-state index in [9.17, 15) is 14.4 Å². The normalized spacial score (nSPS) is 23.7. The number of carbonyl (C=O) groups excluding carboxylic acids is 3. The fourth-order valence-electron chi connectivity index (χ4n) is 4.02. The molecule has 2 saturated heterocycles. The molecule has 0 aromatic heterocycles. The van der Waals surface area contributed by atoms with E-state index in [0.717, 1.165) is 5.56 Å². The molecule has 7 nitrogen and oxygen atoms in total. The number of alkyl halides is 1. The van der Waals surface area contributed by atoms with Crippen LogP contribution in [0.3, 0.4) is 0 Å². The summed E-state index contributed by atoms with van der Waals surface area (Å²) in [5.41, 5.74) is 0.267. The number of ketones is 1. The highest BCUT2D eigenvalue weighted by Crippen LogP contribution is 2.37. The zero-order valence-corrected chi connectivity index (χ0v) is 18.6. The van der Waals surface area contributed by atoms with Crippen LogP contribution < -0.4 is 0 Å². The first-order valence-electron chi connectivity index (χ1n) is 9.77. The highest BCUT2D eigenvalue weighted by molar-refractivity contribution is 9.09. The smallest absolute Gasteiger partial charge is 0.410 e. The Morgan fingerprint density at radius 1 is 1.10 bits per heavy atom. The lowest BCUT2D eigenvalue weighted by Gasteiger charge is -2.30. The second-order valence-electron chi connectivity index (χ2n) is 8.42. The van der Waals surface area contributed by atoms with E-state index in [1.165, 1.54) is 0 Å². The van der Waals surface area contributed by atoms with Crippen molar-refractivity contribution in [2.45, 2.75) is 51.5 Å². The molecule has 2 amide bonds. The summed E-state index contributed by atoms with van der Waals surface area (Å²) in [5, 5.41) is 0.177. The van der Waals surface area contributed by atoms with Crippen LogP contribution in [-0.4, -0.2) is 63.9 Å². The van der Waals surface area contributed by atoms with Gasteiger partial charge in [-0.1, -0.05) is 46.3 Å². The van der Waals surface area contributed by atoms with Crippen molar-refractivity contribution in [3.8, 4) is 0 Å². The number of benzene rings is 1. The molecule has 0 aliphatic carbocycles. The number of nitrogens with zero attached hydrogens (tertiary/aromatic N) is 2. The largest absolute Gasteiger partial charge is 0.445 e. The number of halogens is 1. The minimum absolute atomic E-state index is 0.0335. The molecule has 2 aliphatic rings. The molecule has 0 saturated carbocycles. The molecule has 2 heterocycles. The van der Waals surface area contributed by atoms with E-state index >= 15 is 0 Å². The van der Waals surface area contributed by atoms with Crippen LogP contribution in [-0.2, 0) is 20.9 Å². The highest BCUT2D eigenvalue weighted by Gasteiger charge is 2.54. The molecule has 158 valence electrons. The molecular formula is C21H27BrN2O5. The summed E-state index contributed by atoms with van der Waals surface area (Å²) in [6, 6.07) is 8.80. The van der Waals surface area contributed by atoms with Crippen LogP contribution in [0.4, 0.5) is 9.59 Å². The standard InChI is InChI=1S/C21H27BrN2O5/c1-21(2,3)29-20(27)23-10-9-16-18(23)15(17(25)11-22)12-24(16)19(26)28-13-14-7-5-4-6-8-14/h4-8,15-16,18H,9-13H2,1-3H3/t15-,16-,18-/m1/s1. The first-order chi connectivity index (χ1) is 13.7. The molecular weight excluding hydrogens is 440 g/mol. The fraction of sp³-hybridized carbons (Fsp3) is 0.571. The summed E-state index contributed by atoms with van der Waals surface area (Å²) in [4.78, 5) is 41.2. The molecule has 3 atom stereocenters. The summed E-state index contributed by atoms with van der Waals surface area (Å²) in [7, 11) is 0. The van der Waals surface area contributed by atoms with Crippen molar-refractivity contribution in [2.24, 2.45) is 5.92 Å². The van der Waals surface area contributed by atoms with E-state index in [2.05, 4.69) is 15.9 Å². The van der Waals surface area contributed by atoms with E-state index in [-0.39, 0.29) is 36.3 Å². The van der Waals surface area contributed by atoms with Crippen molar-refractivity contribution >= 4 is 33.9 Å².